The lowest BCUT2D eigenvalue weighted by molar-refractivity contribution is -0.384. The van der Waals surface area contributed by atoms with Crippen molar-refractivity contribution in [3.05, 3.63) is 63.7 Å². The summed E-state index contributed by atoms with van der Waals surface area (Å²) in [5.74, 6) is -0.534. The Labute approximate surface area is 165 Å². The summed E-state index contributed by atoms with van der Waals surface area (Å²) in [6, 6.07) is 12.5. The monoisotopic (exact) mass is 390 g/mol. The fourth-order valence-electron chi connectivity index (χ4n) is 2.64. The summed E-state index contributed by atoms with van der Waals surface area (Å²) in [6.45, 7) is 4.23. The molecule has 0 aliphatic carbocycles. The number of nitro groups is 1. The number of aliphatic carboxylic acids is 1. The Hall–Kier alpha value is -2.38. The van der Waals surface area contributed by atoms with Gasteiger partial charge >= 0.3 is 5.97 Å². The van der Waals surface area contributed by atoms with Crippen LogP contribution in [0.15, 0.2) is 42.5 Å². The molecule has 0 amide bonds. The van der Waals surface area contributed by atoms with Crippen LogP contribution in [-0.4, -0.2) is 34.8 Å². The first-order valence-corrected chi connectivity index (χ1v) is 9.39. The van der Waals surface area contributed by atoms with Crippen molar-refractivity contribution in [1.29, 1.82) is 0 Å². The predicted octanol–water partition coefficient (Wildman–Crippen LogP) is 3.98. The van der Waals surface area contributed by atoms with Crippen molar-refractivity contribution in [1.82, 2.24) is 5.32 Å². The second-order valence-electron chi connectivity index (χ2n) is 5.83. The second-order valence-corrected chi connectivity index (χ2v) is 6.19. The normalized spacial score (nSPS) is 11.3. The molecule has 0 saturated carbocycles. The second kappa shape index (κ2) is 11.4. The number of likely N-dealkylation sites (N-methyl/N-ethyl adjacent to an activating group) is 1. The number of nitrogens with one attached hydrogen (secondary N) is 1. The van der Waals surface area contributed by atoms with Gasteiger partial charge in [-0.05, 0) is 42.6 Å². The van der Waals surface area contributed by atoms with Crippen LogP contribution >= 0.6 is 12.6 Å². The first-order chi connectivity index (χ1) is 12.9. The van der Waals surface area contributed by atoms with Gasteiger partial charge in [-0.1, -0.05) is 44.2 Å². The Bertz CT molecular complexity index is 776. The van der Waals surface area contributed by atoms with E-state index in [1.807, 2.05) is 12.1 Å². The number of carboxylic acid groups (broad SMARTS) is 1. The van der Waals surface area contributed by atoms with Crippen LogP contribution in [0.5, 0.6) is 0 Å². The Balaban J connectivity index is 0.000000387. The molecule has 0 unspecified atom stereocenters. The minimum atomic E-state index is -0.859. The van der Waals surface area contributed by atoms with Gasteiger partial charge in [-0.15, -0.1) is 0 Å². The van der Waals surface area contributed by atoms with E-state index in [-0.39, 0.29) is 10.6 Å². The molecule has 2 aromatic rings. The van der Waals surface area contributed by atoms with E-state index >= 15 is 0 Å². The zero-order chi connectivity index (χ0) is 20.4. The Morgan fingerprint density at radius 2 is 1.81 bits per heavy atom. The molecule has 0 radical (unpaired) electrons. The number of hydrogen-bond donors (Lipinski definition) is 3. The van der Waals surface area contributed by atoms with Crippen molar-refractivity contribution in [2.45, 2.75) is 32.7 Å². The molecule has 0 fully saturated rings. The van der Waals surface area contributed by atoms with Gasteiger partial charge in [0.25, 0.3) is 5.69 Å². The molecule has 27 heavy (non-hydrogen) atoms. The summed E-state index contributed by atoms with van der Waals surface area (Å²) >= 11 is 3.79. The molecular weight excluding hydrogens is 364 g/mol. The first-order valence-electron chi connectivity index (χ1n) is 8.76. The van der Waals surface area contributed by atoms with E-state index in [2.05, 4.69) is 43.9 Å². The quantitative estimate of drug-likeness (QED) is 0.378. The molecule has 146 valence electrons. The predicted molar refractivity (Wildman–Crippen MR) is 112 cm³/mol. The van der Waals surface area contributed by atoms with Crippen molar-refractivity contribution >= 4 is 24.3 Å². The highest BCUT2D eigenvalue weighted by Crippen LogP contribution is 2.31. The molecule has 2 N–H and O–H groups in total. The van der Waals surface area contributed by atoms with E-state index in [4.69, 9.17) is 5.11 Å². The first kappa shape index (κ1) is 22.7. The number of benzene rings is 2. The lowest BCUT2D eigenvalue weighted by Gasteiger charge is -2.09. The van der Waals surface area contributed by atoms with E-state index in [9.17, 15) is 14.9 Å². The molecule has 2 aromatic carbocycles. The van der Waals surface area contributed by atoms with Crippen molar-refractivity contribution in [2.75, 3.05) is 12.8 Å². The van der Waals surface area contributed by atoms with Crippen LogP contribution in [0.1, 0.15) is 25.0 Å². The highest BCUT2D eigenvalue weighted by molar-refractivity contribution is 7.80. The van der Waals surface area contributed by atoms with Crippen LogP contribution in [0.2, 0.25) is 0 Å². The highest BCUT2D eigenvalue weighted by atomic mass is 32.1. The molecule has 6 nitrogen and oxygen atoms in total. The van der Waals surface area contributed by atoms with Crippen molar-refractivity contribution < 1.29 is 14.8 Å². The average molecular weight is 391 g/mol. The molecule has 2 rings (SSSR count). The lowest BCUT2D eigenvalue weighted by atomic mass is 9.96. The fourth-order valence-corrected chi connectivity index (χ4v) is 2.98. The number of rotatable bonds is 7. The third-order valence-electron chi connectivity index (χ3n) is 4.21. The minimum absolute atomic E-state index is 0.161. The fraction of sp³-hybridized carbons (Fsp3) is 0.350. The van der Waals surface area contributed by atoms with Crippen LogP contribution in [0.4, 0.5) is 5.69 Å². The number of aryl methyl sites for hydroxylation is 2. The Morgan fingerprint density at radius 1 is 1.19 bits per heavy atom. The van der Waals surface area contributed by atoms with Gasteiger partial charge in [-0.3, -0.25) is 14.9 Å². The molecule has 0 bridgehead atoms. The topological polar surface area (TPSA) is 92.5 Å². The summed E-state index contributed by atoms with van der Waals surface area (Å²) in [5.41, 5.74) is 4.34. The van der Waals surface area contributed by atoms with Gasteiger partial charge in [0.2, 0.25) is 0 Å². The molecule has 0 aliphatic rings. The number of hydrogen-bond acceptors (Lipinski definition) is 5. The molecule has 0 aliphatic heterocycles. The van der Waals surface area contributed by atoms with Crippen LogP contribution in [-0.2, 0) is 17.6 Å². The number of nitro benzene ring substituents is 1. The third-order valence-corrected chi connectivity index (χ3v) is 4.57. The van der Waals surface area contributed by atoms with Gasteiger partial charge < -0.3 is 10.4 Å². The van der Waals surface area contributed by atoms with E-state index in [0.29, 0.717) is 11.3 Å². The van der Waals surface area contributed by atoms with Gasteiger partial charge in [0.1, 0.15) is 6.04 Å². The van der Waals surface area contributed by atoms with E-state index < -0.39 is 12.0 Å². The standard InChI is InChI=1S/C16H17NO2.C4H9NO2S/c1-3-12-9-10-14(11-13(12)4-2)15-7-5-6-8-16(15)17(18)19;1-5-3(2-8)4(6)7/h5-11H,3-4H2,1-2H3;3,5,8H,2H2,1H3,(H,6,7)/t;3-/m.1/s1. The molecule has 1 atom stereocenters. The third kappa shape index (κ3) is 6.37. The maximum atomic E-state index is 11.1. The largest absolute Gasteiger partial charge is 0.480 e. The average Bonchev–Trinajstić information content (AvgIpc) is 2.68. The van der Waals surface area contributed by atoms with Crippen LogP contribution < -0.4 is 5.32 Å². The van der Waals surface area contributed by atoms with Gasteiger partial charge in [0.05, 0.1) is 10.5 Å². The van der Waals surface area contributed by atoms with Crippen LogP contribution in [0.3, 0.4) is 0 Å². The van der Waals surface area contributed by atoms with Gasteiger partial charge in [-0.25, -0.2) is 0 Å². The molecular formula is C20H26N2O4S. The van der Waals surface area contributed by atoms with Crippen LogP contribution in [0, 0.1) is 10.1 Å². The number of thiol groups is 1. The lowest BCUT2D eigenvalue weighted by Crippen LogP contribution is -2.35. The number of carboxylic acids is 1. The summed E-state index contributed by atoms with van der Waals surface area (Å²) in [7, 11) is 1.59. The molecule has 0 aromatic heterocycles. The summed E-state index contributed by atoms with van der Waals surface area (Å²) < 4.78 is 0. The van der Waals surface area contributed by atoms with Gasteiger partial charge in [-0.2, -0.15) is 12.6 Å². The molecule has 7 heteroatoms. The zero-order valence-corrected chi connectivity index (χ0v) is 16.7. The van der Waals surface area contributed by atoms with E-state index in [1.54, 1.807) is 25.2 Å². The minimum Gasteiger partial charge on any atom is -0.480 e. The van der Waals surface area contributed by atoms with E-state index in [1.165, 1.54) is 11.1 Å². The summed E-state index contributed by atoms with van der Waals surface area (Å²) in [4.78, 5) is 20.8. The number of para-hydroxylation sites is 1. The summed E-state index contributed by atoms with van der Waals surface area (Å²) in [5, 5.41) is 21.9. The van der Waals surface area contributed by atoms with Crippen molar-refractivity contribution in [2.24, 2.45) is 0 Å². The number of carbonyl (C=O) groups is 1. The SMILES string of the molecule is CCc1ccc(-c2ccccc2[N+](=O)[O-])cc1CC.CN[C@H](CS)C(=O)O. The Morgan fingerprint density at radius 3 is 2.26 bits per heavy atom. The Kier molecular flexibility index (Phi) is 9.53. The highest BCUT2D eigenvalue weighted by Gasteiger charge is 2.14. The summed E-state index contributed by atoms with van der Waals surface area (Å²) in [6.07, 6.45) is 1.93. The van der Waals surface area contributed by atoms with Crippen molar-refractivity contribution in [3.8, 4) is 11.1 Å². The number of nitrogens with zero attached hydrogens (tertiary/aromatic N) is 1. The van der Waals surface area contributed by atoms with Crippen molar-refractivity contribution in [3.63, 3.8) is 0 Å². The van der Waals surface area contributed by atoms with Crippen LogP contribution in [0.25, 0.3) is 11.1 Å². The van der Waals surface area contributed by atoms with Gasteiger partial charge in [0, 0.05) is 11.8 Å². The van der Waals surface area contributed by atoms with Gasteiger partial charge in [0.15, 0.2) is 0 Å². The smallest absolute Gasteiger partial charge is 0.321 e. The zero-order valence-electron chi connectivity index (χ0n) is 15.8. The molecule has 0 heterocycles. The molecule has 0 saturated heterocycles. The maximum absolute atomic E-state index is 11.1. The maximum Gasteiger partial charge on any atom is 0.321 e. The van der Waals surface area contributed by atoms with E-state index in [0.717, 1.165) is 18.4 Å². The molecule has 0 spiro atoms.